The second-order valence-corrected chi connectivity index (χ2v) is 8.64. The first-order valence-corrected chi connectivity index (χ1v) is 10.1. The van der Waals surface area contributed by atoms with E-state index in [9.17, 15) is 13.2 Å². The zero-order chi connectivity index (χ0) is 20.8. The van der Waals surface area contributed by atoms with Gasteiger partial charge in [0.2, 0.25) is 0 Å². The lowest BCUT2D eigenvalue weighted by molar-refractivity contribution is 0.0636. The number of rotatable bonds is 7. The fourth-order valence-electron chi connectivity index (χ4n) is 2.26. The van der Waals surface area contributed by atoms with Gasteiger partial charge in [-0.05, 0) is 69.2 Å². The molecule has 2 rings (SSSR count). The Bertz CT molecular complexity index is 884. The van der Waals surface area contributed by atoms with Crippen LogP contribution < -0.4 is 10.1 Å². The van der Waals surface area contributed by atoms with Crippen LogP contribution in [0.2, 0.25) is 0 Å². The van der Waals surface area contributed by atoms with Gasteiger partial charge in [0.05, 0.1) is 18.6 Å². The Morgan fingerprint density at radius 1 is 1.00 bits per heavy atom. The van der Waals surface area contributed by atoms with Crippen LogP contribution in [0, 0.1) is 0 Å². The molecular weight excluding hydrogens is 382 g/mol. The monoisotopic (exact) mass is 407 g/mol. The van der Waals surface area contributed by atoms with E-state index in [1.807, 2.05) is 0 Å². The summed E-state index contributed by atoms with van der Waals surface area (Å²) >= 11 is 0. The van der Waals surface area contributed by atoms with Crippen LogP contribution >= 0.6 is 0 Å². The summed E-state index contributed by atoms with van der Waals surface area (Å²) in [6.07, 6.45) is -0.128. The number of methoxy groups -OCH3 is 1. The molecule has 7 nitrogen and oxygen atoms in total. The highest BCUT2D eigenvalue weighted by Crippen LogP contribution is 2.18. The van der Waals surface area contributed by atoms with Crippen LogP contribution in [0.5, 0.6) is 5.75 Å². The van der Waals surface area contributed by atoms with E-state index >= 15 is 0 Å². The summed E-state index contributed by atoms with van der Waals surface area (Å²) in [7, 11) is -2.32. The maximum Gasteiger partial charge on any atom is 0.412 e. The Morgan fingerprint density at radius 3 is 2.14 bits per heavy atom. The lowest BCUT2D eigenvalue weighted by Crippen LogP contribution is -2.27. The second-order valence-electron chi connectivity index (χ2n) is 7.03. The van der Waals surface area contributed by atoms with E-state index in [1.165, 1.54) is 19.2 Å². The largest absolute Gasteiger partial charge is 0.497 e. The van der Waals surface area contributed by atoms with Gasteiger partial charge in [-0.15, -0.1) is 0 Å². The molecule has 8 heteroatoms. The number of carbonyl (C=O) groups is 1. The van der Waals surface area contributed by atoms with Crippen molar-refractivity contribution in [3.63, 3.8) is 0 Å². The van der Waals surface area contributed by atoms with Crippen LogP contribution in [0.1, 0.15) is 26.3 Å². The Morgan fingerprint density at radius 2 is 1.61 bits per heavy atom. The molecule has 0 atom stereocenters. The molecule has 0 aliphatic heterocycles. The zero-order valence-electron chi connectivity index (χ0n) is 16.4. The number of ether oxygens (including phenoxy) is 2. The summed E-state index contributed by atoms with van der Waals surface area (Å²) in [5, 5.41) is 2.64. The lowest BCUT2D eigenvalue weighted by Gasteiger charge is -2.19. The van der Waals surface area contributed by atoms with Gasteiger partial charge in [-0.3, -0.25) is 9.50 Å². The van der Waals surface area contributed by atoms with E-state index in [2.05, 4.69) is 5.32 Å². The normalized spacial score (nSPS) is 11.7. The van der Waals surface area contributed by atoms with Crippen LogP contribution in [0.4, 0.5) is 10.5 Å². The van der Waals surface area contributed by atoms with Crippen LogP contribution in [-0.4, -0.2) is 33.8 Å². The molecule has 28 heavy (non-hydrogen) atoms. The number of hydrogen-bond donors (Lipinski definition) is 1. The number of carbonyl (C=O) groups excluding carboxylic acids is 1. The Kier molecular flexibility index (Phi) is 7.04. The van der Waals surface area contributed by atoms with Gasteiger partial charge in [0.15, 0.2) is 0 Å². The average Bonchev–Trinajstić information content (AvgIpc) is 2.61. The first kappa shape index (κ1) is 21.7. The van der Waals surface area contributed by atoms with Gasteiger partial charge >= 0.3 is 6.09 Å². The number of hydrogen-bond acceptors (Lipinski definition) is 6. The molecule has 0 spiro atoms. The Hall–Kier alpha value is -2.58. The van der Waals surface area contributed by atoms with Crippen molar-refractivity contribution in [1.29, 1.82) is 0 Å². The number of anilines is 1. The molecule has 0 aliphatic rings. The Balaban J connectivity index is 1.86. The van der Waals surface area contributed by atoms with Crippen molar-refractivity contribution in [3.05, 3.63) is 54.1 Å². The molecule has 1 N–H and O–H groups in total. The van der Waals surface area contributed by atoms with Crippen molar-refractivity contribution in [3.8, 4) is 5.75 Å². The van der Waals surface area contributed by atoms with Crippen molar-refractivity contribution in [2.75, 3.05) is 19.0 Å². The van der Waals surface area contributed by atoms with E-state index in [1.54, 1.807) is 57.2 Å². The smallest absolute Gasteiger partial charge is 0.412 e. The fraction of sp³-hybridized carbons (Fsp3) is 0.350. The molecule has 1 amide bonds. The van der Waals surface area contributed by atoms with E-state index in [0.717, 1.165) is 5.56 Å². The summed E-state index contributed by atoms with van der Waals surface area (Å²) in [5.41, 5.74) is 0.890. The Labute approximate surface area is 165 Å². The van der Waals surface area contributed by atoms with E-state index < -0.39 is 21.8 Å². The van der Waals surface area contributed by atoms with Crippen molar-refractivity contribution < 1.29 is 26.9 Å². The first-order valence-electron chi connectivity index (χ1n) is 8.71. The van der Waals surface area contributed by atoms with Gasteiger partial charge < -0.3 is 9.47 Å². The standard InChI is InChI=1S/C20H25NO6S/c1-20(2,3)27-19(22)21-16-7-5-15(6-8-16)13-14-26-28(23,24)18-11-9-17(25-4)10-12-18/h5-12H,13-14H2,1-4H3,(H,21,22). The highest BCUT2D eigenvalue weighted by molar-refractivity contribution is 7.86. The molecule has 2 aromatic carbocycles. The number of nitrogens with one attached hydrogen (secondary N) is 1. The summed E-state index contributed by atoms with van der Waals surface area (Å²) in [6.45, 7) is 5.37. The SMILES string of the molecule is COc1ccc(S(=O)(=O)OCCc2ccc(NC(=O)OC(C)(C)C)cc2)cc1. The van der Waals surface area contributed by atoms with E-state index in [0.29, 0.717) is 17.9 Å². The summed E-state index contributed by atoms with van der Waals surface area (Å²) in [6, 6.07) is 13.0. The van der Waals surface area contributed by atoms with E-state index in [4.69, 9.17) is 13.7 Å². The topological polar surface area (TPSA) is 90.9 Å². The molecule has 0 aliphatic carbocycles. The second kappa shape index (κ2) is 9.07. The molecule has 0 saturated heterocycles. The number of amides is 1. The van der Waals surface area contributed by atoms with Gasteiger partial charge in [0.25, 0.3) is 10.1 Å². The minimum atomic E-state index is -3.83. The zero-order valence-corrected chi connectivity index (χ0v) is 17.2. The van der Waals surface area contributed by atoms with Gasteiger partial charge in [-0.1, -0.05) is 12.1 Å². The third-order valence-corrected chi connectivity index (χ3v) is 4.90. The average molecular weight is 407 g/mol. The molecule has 0 bridgehead atoms. The molecular formula is C20H25NO6S. The highest BCUT2D eigenvalue weighted by Gasteiger charge is 2.17. The van der Waals surface area contributed by atoms with Crippen molar-refractivity contribution in [2.24, 2.45) is 0 Å². The molecule has 0 aromatic heterocycles. The van der Waals surface area contributed by atoms with Gasteiger partial charge in [0, 0.05) is 5.69 Å². The van der Waals surface area contributed by atoms with Crippen molar-refractivity contribution >= 4 is 21.9 Å². The van der Waals surface area contributed by atoms with Gasteiger partial charge in [-0.25, -0.2) is 4.79 Å². The maximum atomic E-state index is 12.2. The lowest BCUT2D eigenvalue weighted by atomic mass is 10.1. The third kappa shape index (κ3) is 6.86. The predicted molar refractivity (Wildman–Crippen MR) is 106 cm³/mol. The van der Waals surface area contributed by atoms with Crippen LogP contribution in [0.15, 0.2) is 53.4 Å². The van der Waals surface area contributed by atoms with Crippen LogP contribution in [0.3, 0.4) is 0 Å². The summed E-state index contributed by atoms with van der Waals surface area (Å²) in [4.78, 5) is 11.8. The van der Waals surface area contributed by atoms with Gasteiger partial charge in [-0.2, -0.15) is 8.42 Å². The molecule has 152 valence electrons. The molecule has 0 unspecified atom stereocenters. The fourth-order valence-corrected chi connectivity index (χ4v) is 3.16. The quantitative estimate of drug-likeness (QED) is 0.698. The first-order chi connectivity index (χ1) is 13.1. The molecule has 0 radical (unpaired) electrons. The summed E-state index contributed by atoms with van der Waals surface area (Å²) in [5.74, 6) is 0.569. The maximum absolute atomic E-state index is 12.2. The third-order valence-electron chi connectivity index (χ3n) is 3.58. The molecule has 0 heterocycles. The molecule has 2 aromatic rings. The number of benzene rings is 2. The minimum Gasteiger partial charge on any atom is -0.497 e. The van der Waals surface area contributed by atoms with Crippen LogP contribution in [-0.2, 0) is 25.5 Å². The van der Waals surface area contributed by atoms with E-state index in [-0.39, 0.29) is 11.5 Å². The molecule has 0 fully saturated rings. The minimum absolute atomic E-state index is 0.00715. The van der Waals surface area contributed by atoms with Gasteiger partial charge in [0.1, 0.15) is 11.4 Å². The highest BCUT2D eigenvalue weighted by atomic mass is 32.2. The summed E-state index contributed by atoms with van der Waals surface area (Å²) < 4.78 is 39.7. The predicted octanol–water partition coefficient (Wildman–Crippen LogP) is 3.99. The van der Waals surface area contributed by atoms with Crippen molar-refractivity contribution in [2.45, 2.75) is 37.7 Å². The molecule has 0 saturated carbocycles. The van der Waals surface area contributed by atoms with Crippen LogP contribution in [0.25, 0.3) is 0 Å². The van der Waals surface area contributed by atoms with Crippen molar-refractivity contribution in [1.82, 2.24) is 0 Å².